The van der Waals surface area contributed by atoms with Crippen LogP contribution in [0, 0.1) is 13.8 Å². The smallest absolute Gasteiger partial charge is 0.212 e. The zero-order valence-corrected chi connectivity index (χ0v) is 10.2. The molecule has 0 saturated heterocycles. The Bertz CT molecular complexity index is 452. The first-order valence-electron chi connectivity index (χ1n) is 3.97. The van der Waals surface area contributed by atoms with Crippen LogP contribution in [0.15, 0.2) is 12.1 Å². The Morgan fingerprint density at radius 1 is 1.29 bits per heavy atom. The topological polar surface area (TPSA) is 34.1 Å². The highest BCUT2D eigenvalue weighted by molar-refractivity contribution is 8.13. The van der Waals surface area contributed by atoms with Gasteiger partial charge in [0.25, 0.3) is 0 Å². The van der Waals surface area contributed by atoms with Gasteiger partial charge in [-0.2, -0.15) is 0 Å². The number of benzene rings is 1. The average Bonchev–Trinajstić information content (AvgIpc) is 1.96. The molecule has 2 nitrogen and oxygen atoms in total. The van der Waals surface area contributed by atoms with Gasteiger partial charge in [0.15, 0.2) is 0 Å². The van der Waals surface area contributed by atoms with Crippen LogP contribution in [0.1, 0.15) is 16.7 Å². The molecule has 0 fully saturated rings. The molecule has 0 aromatic heterocycles. The Hall–Kier alpha value is -0.250. The number of hydrogen-bond acceptors (Lipinski definition) is 2. The largest absolute Gasteiger partial charge is 0.236 e. The molecular formula is C9H10Cl2O2S. The molecule has 1 aromatic rings. The van der Waals surface area contributed by atoms with E-state index < -0.39 is 9.05 Å². The number of hydrogen-bond donors (Lipinski definition) is 0. The van der Waals surface area contributed by atoms with E-state index in [1.807, 2.05) is 19.9 Å². The Morgan fingerprint density at radius 3 is 2.36 bits per heavy atom. The van der Waals surface area contributed by atoms with Crippen molar-refractivity contribution in [3.8, 4) is 0 Å². The Kier molecular flexibility index (Phi) is 3.45. The van der Waals surface area contributed by atoms with Crippen molar-refractivity contribution < 1.29 is 8.42 Å². The lowest BCUT2D eigenvalue weighted by Crippen LogP contribution is -1.97. The maximum absolute atomic E-state index is 10.9. The second-order valence-electron chi connectivity index (χ2n) is 3.24. The SMILES string of the molecule is Cc1cc(C)c(Cl)c(CS(=O)(=O)Cl)c1. The van der Waals surface area contributed by atoms with Gasteiger partial charge < -0.3 is 0 Å². The van der Waals surface area contributed by atoms with E-state index in [4.69, 9.17) is 22.3 Å². The molecule has 1 aromatic carbocycles. The summed E-state index contributed by atoms with van der Waals surface area (Å²) in [6.07, 6.45) is 0. The fourth-order valence-corrected chi connectivity index (χ4v) is 2.54. The number of halogens is 2. The van der Waals surface area contributed by atoms with Crippen LogP contribution in [-0.2, 0) is 14.8 Å². The molecule has 0 aliphatic carbocycles. The van der Waals surface area contributed by atoms with Gasteiger partial charge in [-0.25, -0.2) is 8.42 Å². The van der Waals surface area contributed by atoms with E-state index in [2.05, 4.69) is 0 Å². The Balaban J connectivity index is 3.22. The highest BCUT2D eigenvalue weighted by atomic mass is 35.7. The van der Waals surface area contributed by atoms with E-state index >= 15 is 0 Å². The van der Waals surface area contributed by atoms with E-state index in [9.17, 15) is 8.42 Å². The van der Waals surface area contributed by atoms with E-state index in [-0.39, 0.29) is 5.75 Å². The molecule has 5 heteroatoms. The zero-order valence-electron chi connectivity index (χ0n) is 7.84. The van der Waals surface area contributed by atoms with Crippen LogP contribution in [0.2, 0.25) is 5.02 Å². The summed E-state index contributed by atoms with van der Waals surface area (Å²) in [5, 5.41) is 0.472. The van der Waals surface area contributed by atoms with Crippen LogP contribution in [0.5, 0.6) is 0 Å². The summed E-state index contributed by atoms with van der Waals surface area (Å²) in [4.78, 5) is 0. The minimum absolute atomic E-state index is 0.226. The molecule has 0 aliphatic rings. The first-order valence-corrected chi connectivity index (χ1v) is 6.83. The summed E-state index contributed by atoms with van der Waals surface area (Å²) < 4.78 is 21.8. The van der Waals surface area contributed by atoms with Crippen LogP contribution in [0.3, 0.4) is 0 Å². The second-order valence-corrected chi connectivity index (χ2v) is 6.39. The molecule has 0 spiro atoms. The summed E-state index contributed by atoms with van der Waals surface area (Å²) in [5.74, 6) is -0.226. The minimum atomic E-state index is -3.55. The molecule has 0 unspecified atom stereocenters. The van der Waals surface area contributed by atoms with Gasteiger partial charge in [0.05, 0.1) is 5.75 Å². The van der Waals surface area contributed by atoms with Crippen molar-refractivity contribution in [2.75, 3.05) is 0 Å². The van der Waals surface area contributed by atoms with Crippen molar-refractivity contribution in [3.63, 3.8) is 0 Å². The van der Waals surface area contributed by atoms with Crippen molar-refractivity contribution in [2.45, 2.75) is 19.6 Å². The van der Waals surface area contributed by atoms with Crippen LogP contribution < -0.4 is 0 Å². The Morgan fingerprint density at radius 2 is 1.86 bits per heavy atom. The minimum Gasteiger partial charge on any atom is -0.212 e. The lowest BCUT2D eigenvalue weighted by atomic mass is 10.1. The standard InChI is InChI=1S/C9H10Cl2O2S/c1-6-3-7(2)9(10)8(4-6)5-14(11,12)13/h3-4H,5H2,1-2H3. The normalized spacial score (nSPS) is 11.7. The van der Waals surface area contributed by atoms with Gasteiger partial charge >= 0.3 is 0 Å². The van der Waals surface area contributed by atoms with Crippen molar-refractivity contribution >= 4 is 31.3 Å². The van der Waals surface area contributed by atoms with Crippen LogP contribution >= 0.6 is 22.3 Å². The molecule has 14 heavy (non-hydrogen) atoms. The summed E-state index contributed by atoms with van der Waals surface area (Å²) in [6.45, 7) is 3.72. The summed E-state index contributed by atoms with van der Waals surface area (Å²) in [6, 6.07) is 3.63. The first kappa shape index (κ1) is 11.8. The predicted octanol–water partition coefficient (Wildman–Crippen LogP) is 3.03. The summed E-state index contributed by atoms with van der Waals surface area (Å²) >= 11 is 5.95. The van der Waals surface area contributed by atoms with Crippen molar-refractivity contribution in [3.05, 3.63) is 33.8 Å². The molecule has 0 N–H and O–H groups in total. The first-order chi connectivity index (χ1) is 6.29. The van der Waals surface area contributed by atoms with Gasteiger partial charge in [0.2, 0.25) is 9.05 Å². The molecule has 0 aliphatic heterocycles. The van der Waals surface area contributed by atoms with Crippen molar-refractivity contribution in [1.82, 2.24) is 0 Å². The van der Waals surface area contributed by atoms with Crippen LogP contribution in [0.4, 0.5) is 0 Å². The fraction of sp³-hybridized carbons (Fsp3) is 0.333. The van der Waals surface area contributed by atoms with Crippen LogP contribution in [0.25, 0.3) is 0 Å². The van der Waals surface area contributed by atoms with Crippen LogP contribution in [-0.4, -0.2) is 8.42 Å². The molecule has 0 saturated carbocycles. The molecule has 0 radical (unpaired) electrons. The average molecular weight is 253 g/mol. The molecule has 0 bridgehead atoms. The van der Waals surface area contributed by atoms with Gasteiger partial charge in [-0.1, -0.05) is 29.3 Å². The summed E-state index contributed by atoms with van der Waals surface area (Å²) in [5.41, 5.74) is 2.39. The predicted molar refractivity (Wildman–Crippen MR) is 59.4 cm³/mol. The molecular weight excluding hydrogens is 243 g/mol. The van der Waals surface area contributed by atoms with E-state index in [0.717, 1.165) is 11.1 Å². The fourth-order valence-electron chi connectivity index (χ4n) is 1.33. The van der Waals surface area contributed by atoms with Gasteiger partial charge in [0.1, 0.15) is 0 Å². The number of aryl methyl sites for hydroxylation is 2. The number of rotatable bonds is 2. The van der Waals surface area contributed by atoms with Crippen molar-refractivity contribution in [1.29, 1.82) is 0 Å². The van der Waals surface area contributed by atoms with Gasteiger partial charge in [-0.05, 0) is 25.0 Å². The van der Waals surface area contributed by atoms with Gasteiger partial charge in [-0.3, -0.25) is 0 Å². The molecule has 78 valence electrons. The third-order valence-electron chi connectivity index (χ3n) is 1.80. The van der Waals surface area contributed by atoms with E-state index in [0.29, 0.717) is 10.6 Å². The Labute approximate surface area is 93.3 Å². The quantitative estimate of drug-likeness (QED) is 0.759. The second kappa shape index (κ2) is 4.09. The third kappa shape index (κ3) is 3.15. The molecule has 0 atom stereocenters. The molecule has 1 rings (SSSR count). The summed E-state index contributed by atoms with van der Waals surface area (Å²) in [7, 11) is 1.61. The lowest BCUT2D eigenvalue weighted by Gasteiger charge is -2.06. The van der Waals surface area contributed by atoms with Gasteiger partial charge in [-0.15, -0.1) is 0 Å². The highest BCUT2D eigenvalue weighted by Crippen LogP contribution is 2.25. The van der Waals surface area contributed by atoms with E-state index in [1.54, 1.807) is 6.07 Å². The maximum Gasteiger partial charge on any atom is 0.236 e. The van der Waals surface area contributed by atoms with Gasteiger partial charge in [0, 0.05) is 15.7 Å². The highest BCUT2D eigenvalue weighted by Gasteiger charge is 2.12. The molecule has 0 heterocycles. The molecule has 0 amide bonds. The van der Waals surface area contributed by atoms with Crippen molar-refractivity contribution in [2.24, 2.45) is 0 Å². The third-order valence-corrected chi connectivity index (χ3v) is 3.33. The monoisotopic (exact) mass is 252 g/mol. The van der Waals surface area contributed by atoms with E-state index in [1.165, 1.54) is 0 Å². The lowest BCUT2D eigenvalue weighted by molar-refractivity contribution is 0.609. The zero-order chi connectivity index (χ0) is 10.9. The maximum atomic E-state index is 10.9.